The standard InChI is InChI=1S/C22H38O8/c1-6-27-22(28-7-2)21-17(12-10-8-9-11-13-20(25)26-5)18(29-15(3)23)14-19(21)30-16(4)24/h17-19,21-22H,6-14H2,1-5H3/t17-,18-,19+,21+/m0/s1. The lowest BCUT2D eigenvalue weighted by Crippen LogP contribution is -2.39. The van der Waals surface area contributed by atoms with Crippen molar-refractivity contribution < 1.29 is 38.1 Å². The minimum atomic E-state index is -0.533. The number of hydrogen-bond donors (Lipinski definition) is 0. The molecule has 0 saturated heterocycles. The normalized spacial score (nSPS) is 23.4. The molecule has 0 N–H and O–H groups in total. The second kappa shape index (κ2) is 14.4. The molecule has 174 valence electrons. The van der Waals surface area contributed by atoms with Gasteiger partial charge in [-0.15, -0.1) is 0 Å². The van der Waals surface area contributed by atoms with Crippen molar-refractivity contribution in [1.29, 1.82) is 0 Å². The maximum absolute atomic E-state index is 11.7. The van der Waals surface area contributed by atoms with E-state index < -0.39 is 12.4 Å². The topological polar surface area (TPSA) is 97.4 Å². The molecule has 0 unspecified atom stereocenters. The number of esters is 3. The fourth-order valence-electron chi connectivity index (χ4n) is 4.23. The van der Waals surface area contributed by atoms with E-state index in [0.29, 0.717) is 26.1 Å². The summed E-state index contributed by atoms with van der Waals surface area (Å²) in [5.41, 5.74) is 0. The Morgan fingerprint density at radius 2 is 1.43 bits per heavy atom. The van der Waals surface area contributed by atoms with E-state index in [1.165, 1.54) is 21.0 Å². The Bertz CT molecular complexity index is 529. The van der Waals surface area contributed by atoms with Crippen LogP contribution >= 0.6 is 0 Å². The molecule has 1 saturated carbocycles. The van der Waals surface area contributed by atoms with E-state index in [0.717, 1.165) is 32.1 Å². The zero-order valence-electron chi connectivity index (χ0n) is 19.0. The zero-order valence-corrected chi connectivity index (χ0v) is 19.0. The average Bonchev–Trinajstić information content (AvgIpc) is 2.99. The maximum Gasteiger partial charge on any atom is 0.305 e. The second-order valence-electron chi connectivity index (χ2n) is 7.58. The van der Waals surface area contributed by atoms with Crippen molar-refractivity contribution in [3.05, 3.63) is 0 Å². The lowest BCUT2D eigenvalue weighted by Gasteiger charge is -2.32. The molecule has 8 heteroatoms. The molecule has 0 heterocycles. The van der Waals surface area contributed by atoms with Gasteiger partial charge in [0.05, 0.1) is 13.0 Å². The summed E-state index contributed by atoms with van der Waals surface area (Å²) in [5.74, 6) is -1.17. The molecule has 1 rings (SSSR count). The monoisotopic (exact) mass is 430 g/mol. The van der Waals surface area contributed by atoms with Gasteiger partial charge in [-0.05, 0) is 26.7 Å². The van der Waals surface area contributed by atoms with E-state index in [9.17, 15) is 14.4 Å². The van der Waals surface area contributed by atoms with Gasteiger partial charge in [0.15, 0.2) is 6.29 Å². The zero-order chi connectivity index (χ0) is 22.5. The summed E-state index contributed by atoms with van der Waals surface area (Å²) in [6, 6.07) is 0. The summed E-state index contributed by atoms with van der Waals surface area (Å²) in [7, 11) is 1.39. The van der Waals surface area contributed by atoms with Crippen molar-refractivity contribution in [3.8, 4) is 0 Å². The van der Waals surface area contributed by atoms with Gasteiger partial charge in [0.2, 0.25) is 0 Å². The average molecular weight is 431 g/mol. The molecule has 1 fully saturated rings. The van der Waals surface area contributed by atoms with Gasteiger partial charge in [0.25, 0.3) is 0 Å². The Kier molecular flexibility index (Phi) is 12.6. The Labute approximate surface area is 179 Å². The number of rotatable bonds is 14. The van der Waals surface area contributed by atoms with Crippen LogP contribution in [0.15, 0.2) is 0 Å². The summed E-state index contributed by atoms with van der Waals surface area (Å²) in [4.78, 5) is 34.6. The van der Waals surface area contributed by atoms with Crippen LogP contribution in [0.3, 0.4) is 0 Å². The number of ether oxygens (including phenoxy) is 5. The van der Waals surface area contributed by atoms with Crippen molar-refractivity contribution in [1.82, 2.24) is 0 Å². The first-order valence-electron chi connectivity index (χ1n) is 11.0. The van der Waals surface area contributed by atoms with Crippen molar-refractivity contribution in [2.24, 2.45) is 11.8 Å². The van der Waals surface area contributed by atoms with E-state index >= 15 is 0 Å². The van der Waals surface area contributed by atoms with Gasteiger partial charge >= 0.3 is 17.9 Å². The first kappa shape index (κ1) is 26.4. The fourth-order valence-corrected chi connectivity index (χ4v) is 4.23. The van der Waals surface area contributed by atoms with Gasteiger partial charge in [0.1, 0.15) is 12.2 Å². The quantitative estimate of drug-likeness (QED) is 0.179. The van der Waals surface area contributed by atoms with Crippen molar-refractivity contribution in [2.45, 2.75) is 91.1 Å². The molecule has 1 aliphatic rings. The number of carbonyl (C=O) groups excluding carboxylic acids is 3. The van der Waals surface area contributed by atoms with Crippen molar-refractivity contribution in [3.63, 3.8) is 0 Å². The molecule has 0 aromatic rings. The molecular weight excluding hydrogens is 392 g/mol. The summed E-state index contributed by atoms with van der Waals surface area (Å²) in [6.45, 7) is 7.48. The molecule has 4 atom stereocenters. The fraction of sp³-hybridized carbons (Fsp3) is 0.864. The highest BCUT2D eigenvalue weighted by Gasteiger charge is 2.50. The Balaban J connectivity index is 2.85. The largest absolute Gasteiger partial charge is 0.469 e. The van der Waals surface area contributed by atoms with E-state index in [1.54, 1.807) is 0 Å². The summed E-state index contributed by atoms with van der Waals surface area (Å²) in [5, 5.41) is 0. The number of methoxy groups -OCH3 is 1. The first-order chi connectivity index (χ1) is 14.3. The van der Waals surface area contributed by atoms with Crippen LogP contribution in [0, 0.1) is 11.8 Å². The lowest BCUT2D eigenvalue weighted by molar-refractivity contribution is -0.199. The highest BCUT2D eigenvalue weighted by atomic mass is 16.7. The van der Waals surface area contributed by atoms with Crippen molar-refractivity contribution >= 4 is 17.9 Å². The smallest absolute Gasteiger partial charge is 0.305 e. The Morgan fingerprint density at radius 3 is 1.97 bits per heavy atom. The van der Waals surface area contributed by atoms with E-state index in [-0.39, 0.29) is 35.8 Å². The molecule has 0 amide bonds. The highest BCUT2D eigenvalue weighted by molar-refractivity contribution is 5.69. The molecular formula is C22H38O8. The third-order valence-electron chi connectivity index (χ3n) is 5.37. The van der Waals surface area contributed by atoms with Gasteiger partial charge in [-0.25, -0.2) is 0 Å². The minimum absolute atomic E-state index is 0.0399. The van der Waals surface area contributed by atoms with Crippen LogP contribution < -0.4 is 0 Å². The van der Waals surface area contributed by atoms with E-state index in [2.05, 4.69) is 4.74 Å². The first-order valence-corrected chi connectivity index (χ1v) is 11.0. The SMILES string of the molecule is CCOC(OCC)[C@@H]1[C@@H](CCCCCCC(=O)OC)[C@@H](OC(C)=O)C[C@H]1OC(C)=O. The number of carbonyl (C=O) groups is 3. The third-order valence-corrected chi connectivity index (χ3v) is 5.37. The predicted molar refractivity (Wildman–Crippen MR) is 109 cm³/mol. The van der Waals surface area contributed by atoms with Gasteiger partial charge in [-0.1, -0.05) is 19.3 Å². The van der Waals surface area contributed by atoms with Crippen LogP contribution in [-0.4, -0.2) is 56.7 Å². The van der Waals surface area contributed by atoms with Crippen LogP contribution in [0.4, 0.5) is 0 Å². The van der Waals surface area contributed by atoms with Crippen LogP contribution in [0.25, 0.3) is 0 Å². The predicted octanol–water partition coefficient (Wildman–Crippen LogP) is 3.40. The van der Waals surface area contributed by atoms with E-state index in [1.807, 2.05) is 13.8 Å². The van der Waals surface area contributed by atoms with Crippen LogP contribution in [0.1, 0.15) is 72.6 Å². The molecule has 0 spiro atoms. The van der Waals surface area contributed by atoms with Gasteiger partial charge < -0.3 is 23.7 Å². The second-order valence-corrected chi connectivity index (χ2v) is 7.58. The van der Waals surface area contributed by atoms with Gasteiger partial charge in [-0.2, -0.15) is 0 Å². The Hall–Kier alpha value is -1.67. The summed E-state index contributed by atoms with van der Waals surface area (Å²) >= 11 is 0. The molecule has 1 aliphatic carbocycles. The molecule has 0 aliphatic heterocycles. The molecule has 0 aromatic carbocycles. The maximum atomic E-state index is 11.7. The summed E-state index contributed by atoms with van der Waals surface area (Å²) < 4.78 is 27.5. The molecule has 30 heavy (non-hydrogen) atoms. The molecule has 8 nitrogen and oxygen atoms in total. The van der Waals surface area contributed by atoms with Gasteiger partial charge in [-0.3, -0.25) is 14.4 Å². The number of hydrogen-bond acceptors (Lipinski definition) is 8. The molecule has 0 aromatic heterocycles. The van der Waals surface area contributed by atoms with Crippen molar-refractivity contribution in [2.75, 3.05) is 20.3 Å². The highest BCUT2D eigenvalue weighted by Crippen LogP contribution is 2.43. The lowest BCUT2D eigenvalue weighted by atomic mass is 9.87. The van der Waals surface area contributed by atoms with Gasteiger partial charge in [0, 0.05) is 45.8 Å². The Morgan fingerprint density at radius 1 is 0.867 bits per heavy atom. The summed E-state index contributed by atoms with van der Waals surface area (Å²) in [6.07, 6.45) is 3.87. The minimum Gasteiger partial charge on any atom is -0.469 e. The molecule has 0 radical (unpaired) electrons. The van der Waals surface area contributed by atoms with Crippen LogP contribution in [0.2, 0.25) is 0 Å². The van der Waals surface area contributed by atoms with Crippen LogP contribution in [-0.2, 0) is 38.1 Å². The van der Waals surface area contributed by atoms with E-state index in [4.69, 9.17) is 18.9 Å². The van der Waals surface area contributed by atoms with Crippen LogP contribution in [0.5, 0.6) is 0 Å². The molecule has 0 bridgehead atoms. The third kappa shape index (κ3) is 9.00. The number of unbranched alkanes of at least 4 members (excludes halogenated alkanes) is 3.